The molecule has 0 radical (unpaired) electrons. The molecule has 1 aromatic carbocycles. The molecule has 1 N–H and O–H groups in total. The second-order valence-electron chi connectivity index (χ2n) is 7.74. The van der Waals surface area contributed by atoms with Crippen LogP contribution < -0.4 is 10.5 Å². The van der Waals surface area contributed by atoms with E-state index in [0.717, 1.165) is 16.8 Å². The Labute approximate surface area is 190 Å². The van der Waals surface area contributed by atoms with Crippen molar-refractivity contribution in [2.45, 2.75) is 19.4 Å². The number of anilines is 1. The van der Waals surface area contributed by atoms with E-state index in [4.69, 9.17) is 4.52 Å². The van der Waals surface area contributed by atoms with Crippen LogP contribution in [0.5, 0.6) is 5.75 Å². The smallest absolute Gasteiger partial charge is 0.297 e. The van der Waals surface area contributed by atoms with Crippen LogP contribution in [-0.2, 0) is 13.5 Å². The Morgan fingerprint density at radius 2 is 1.97 bits per heavy atom. The van der Waals surface area contributed by atoms with Gasteiger partial charge < -0.3 is 14.5 Å². The Kier molecular flexibility index (Phi) is 6.03. The van der Waals surface area contributed by atoms with Crippen molar-refractivity contribution in [3.8, 4) is 5.75 Å². The van der Waals surface area contributed by atoms with Gasteiger partial charge in [-0.05, 0) is 24.1 Å². The molecule has 33 heavy (non-hydrogen) atoms. The number of pyridine rings is 1. The lowest BCUT2D eigenvalue weighted by Crippen LogP contribution is -2.34. The molecule has 0 bridgehead atoms. The van der Waals surface area contributed by atoms with E-state index < -0.39 is 23.1 Å². The van der Waals surface area contributed by atoms with Gasteiger partial charge >= 0.3 is 0 Å². The van der Waals surface area contributed by atoms with Crippen molar-refractivity contribution < 1.29 is 14.4 Å². The molecule has 168 valence electrons. The van der Waals surface area contributed by atoms with Crippen LogP contribution >= 0.6 is 0 Å². The molecule has 3 heterocycles. The third-order valence-electron chi connectivity index (χ3n) is 5.48. The van der Waals surface area contributed by atoms with Crippen molar-refractivity contribution in [3.63, 3.8) is 0 Å². The van der Waals surface area contributed by atoms with Gasteiger partial charge in [-0.15, -0.1) is 0 Å². The molecule has 3 aromatic heterocycles. The zero-order valence-electron chi connectivity index (χ0n) is 18.5. The molecule has 0 aliphatic heterocycles. The summed E-state index contributed by atoms with van der Waals surface area (Å²) >= 11 is 0. The average molecular weight is 445 g/mol. The van der Waals surface area contributed by atoms with E-state index in [1.54, 1.807) is 18.1 Å². The van der Waals surface area contributed by atoms with Gasteiger partial charge in [0, 0.05) is 32.3 Å². The summed E-state index contributed by atoms with van der Waals surface area (Å²) in [6.07, 6.45) is 4.34. The summed E-state index contributed by atoms with van der Waals surface area (Å²) in [5.41, 5.74) is 2.18. The van der Waals surface area contributed by atoms with Gasteiger partial charge in [-0.3, -0.25) is 19.1 Å². The first kappa shape index (κ1) is 21.9. The van der Waals surface area contributed by atoms with Crippen LogP contribution in [0, 0.1) is 6.92 Å². The first-order chi connectivity index (χ1) is 15.9. The monoisotopic (exact) mass is 445 g/mol. The van der Waals surface area contributed by atoms with E-state index in [9.17, 15) is 14.7 Å². The molecule has 9 nitrogen and oxygen atoms in total. The fourth-order valence-corrected chi connectivity index (χ4v) is 3.77. The number of aryl methyl sites for hydroxylation is 1. The molecule has 0 saturated heterocycles. The standard InChI is InChI=1S/C24H23N5O4/c1-15-8-7-11-25-19(15)21(17-9-5-4-6-10-17)28(2)24-27-20(22(31)23(32)29(24)3)18(30)12-16-13-26-33-14-16/h4-11,13-14,21,31H,12H2,1-3H3. The Balaban J connectivity index is 1.83. The highest BCUT2D eigenvalue weighted by Gasteiger charge is 2.28. The molecule has 0 amide bonds. The van der Waals surface area contributed by atoms with E-state index in [1.165, 1.54) is 24.1 Å². The molecule has 1 atom stereocenters. The Bertz CT molecular complexity index is 1330. The molecular weight excluding hydrogens is 422 g/mol. The van der Waals surface area contributed by atoms with Crippen LogP contribution in [0.25, 0.3) is 0 Å². The number of carbonyl (C=O) groups is 1. The Morgan fingerprint density at radius 3 is 2.64 bits per heavy atom. The average Bonchev–Trinajstić information content (AvgIpc) is 3.32. The number of hydrogen-bond donors (Lipinski definition) is 1. The van der Waals surface area contributed by atoms with Gasteiger partial charge in [-0.1, -0.05) is 41.6 Å². The molecule has 0 aliphatic carbocycles. The Morgan fingerprint density at radius 1 is 1.21 bits per heavy atom. The number of aromatic hydroxyl groups is 1. The van der Waals surface area contributed by atoms with Crippen molar-refractivity contribution in [2.24, 2.45) is 7.05 Å². The van der Waals surface area contributed by atoms with Crippen LogP contribution in [0.4, 0.5) is 5.95 Å². The molecule has 0 saturated carbocycles. The van der Waals surface area contributed by atoms with Crippen molar-refractivity contribution in [1.29, 1.82) is 0 Å². The Hall–Kier alpha value is -4.27. The van der Waals surface area contributed by atoms with E-state index >= 15 is 0 Å². The van der Waals surface area contributed by atoms with Gasteiger partial charge in [0.25, 0.3) is 5.56 Å². The van der Waals surface area contributed by atoms with Crippen LogP contribution in [0.15, 0.2) is 70.4 Å². The predicted molar refractivity (Wildman–Crippen MR) is 121 cm³/mol. The lowest BCUT2D eigenvalue weighted by atomic mass is 9.99. The molecule has 0 spiro atoms. The zero-order chi connectivity index (χ0) is 23.5. The van der Waals surface area contributed by atoms with Crippen LogP contribution in [0.1, 0.15) is 38.9 Å². The van der Waals surface area contributed by atoms with Gasteiger partial charge in [0.15, 0.2) is 11.5 Å². The topological polar surface area (TPSA) is 114 Å². The summed E-state index contributed by atoms with van der Waals surface area (Å²) in [6, 6.07) is 13.1. The second kappa shape index (κ2) is 9.07. The fraction of sp³-hybridized carbons (Fsp3) is 0.208. The van der Waals surface area contributed by atoms with Crippen molar-refractivity contribution in [1.82, 2.24) is 19.7 Å². The molecular formula is C24H23N5O4. The second-order valence-corrected chi connectivity index (χ2v) is 7.74. The lowest BCUT2D eigenvalue weighted by molar-refractivity contribution is 0.0984. The number of aromatic nitrogens is 4. The number of carbonyl (C=O) groups excluding carboxylic acids is 1. The zero-order valence-corrected chi connectivity index (χ0v) is 18.5. The third kappa shape index (κ3) is 4.25. The highest BCUT2D eigenvalue weighted by molar-refractivity contribution is 5.98. The number of benzene rings is 1. The summed E-state index contributed by atoms with van der Waals surface area (Å²) in [5.74, 6) is -1.000. The van der Waals surface area contributed by atoms with Crippen LogP contribution in [0.2, 0.25) is 0 Å². The van der Waals surface area contributed by atoms with Crippen molar-refractivity contribution in [3.05, 3.63) is 99.6 Å². The van der Waals surface area contributed by atoms with Gasteiger partial charge in [0.05, 0.1) is 17.9 Å². The predicted octanol–water partition coefficient (Wildman–Crippen LogP) is 2.83. The highest BCUT2D eigenvalue weighted by Crippen LogP contribution is 2.31. The number of hydrogen-bond acceptors (Lipinski definition) is 8. The quantitative estimate of drug-likeness (QED) is 0.432. The first-order valence-electron chi connectivity index (χ1n) is 10.3. The molecule has 0 fully saturated rings. The normalized spacial score (nSPS) is 11.8. The summed E-state index contributed by atoms with van der Waals surface area (Å²) in [5, 5.41) is 14.0. The molecule has 4 aromatic rings. The minimum absolute atomic E-state index is 0.109. The van der Waals surface area contributed by atoms with Gasteiger partial charge in [0.1, 0.15) is 6.26 Å². The van der Waals surface area contributed by atoms with Gasteiger partial charge in [0.2, 0.25) is 11.7 Å². The molecule has 9 heteroatoms. The van der Waals surface area contributed by atoms with Gasteiger partial charge in [-0.25, -0.2) is 4.98 Å². The third-order valence-corrected chi connectivity index (χ3v) is 5.48. The van der Waals surface area contributed by atoms with E-state index in [1.807, 2.05) is 49.4 Å². The summed E-state index contributed by atoms with van der Waals surface area (Å²) in [6.45, 7) is 1.96. The van der Waals surface area contributed by atoms with Crippen LogP contribution in [0.3, 0.4) is 0 Å². The fourth-order valence-electron chi connectivity index (χ4n) is 3.77. The molecule has 0 aliphatic rings. The van der Waals surface area contributed by atoms with E-state index in [0.29, 0.717) is 5.56 Å². The first-order valence-corrected chi connectivity index (χ1v) is 10.3. The molecule has 4 rings (SSSR count). The number of Topliss-reactive ketones (excluding diaryl/α,β-unsaturated/α-hetero) is 1. The number of ketones is 1. The van der Waals surface area contributed by atoms with Crippen LogP contribution in [-0.4, -0.2) is 37.6 Å². The number of rotatable bonds is 7. The maximum Gasteiger partial charge on any atom is 0.297 e. The van der Waals surface area contributed by atoms with E-state index in [-0.39, 0.29) is 18.1 Å². The van der Waals surface area contributed by atoms with E-state index in [2.05, 4.69) is 15.1 Å². The SMILES string of the molecule is Cc1cccnc1C(c1ccccc1)N(C)c1nc(C(=O)Cc2cnoc2)c(O)c(=O)n1C. The minimum Gasteiger partial charge on any atom is -0.501 e. The summed E-state index contributed by atoms with van der Waals surface area (Å²) in [4.78, 5) is 36.5. The van der Waals surface area contributed by atoms with Crippen molar-refractivity contribution in [2.75, 3.05) is 11.9 Å². The number of nitrogens with zero attached hydrogens (tertiary/aromatic N) is 5. The van der Waals surface area contributed by atoms with Gasteiger partial charge in [-0.2, -0.15) is 0 Å². The largest absolute Gasteiger partial charge is 0.501 e. The highest BCUT2D eigenvalue weighted by atomic mass is 16.5. The van der Waals surface area contributed by atoms with Crippen molar-refractivity contribution >= 4 is 11.7 Å². The minimum atomic E-state index is -0.718. The molecule has 1 unspecified atom stereocenters. The lowest BCUT2D eigenvalue weighted by Gasteiger charge is -2.31. The summed E-state index contributed by atoms with van der Waals surface area (Å²) in [7, 11) is 3.28. The summed E-state index contributed by atoms with van der Waals surface area (Å²) < 4.78 is 5.98. The maximum atomic E-state index is 12.9. The maximum absolute atomic E-state index is 12.9.